The zero-order valence-electron chi connectivity index (χ0n) is 23.8. The molecule has 0 unspecified atom stereocenters. The third-order valence-corrected chi connectivity index (χ3v) is 7.94. The number of hydrogen-bond donors (Lipinski definition) is 2. The molecule has 218 valence electrons. The molecule has 0 aromatic rings. The number of nitrogens with zero attached hydrogens (tertiary/aromatic N) is 1. The molecule has 0 atom stereocenters. The van der Waals surface area contributed by atoms with E-state index in [9.17, 15) is 4.57 Å². The van der Waals surface area contributed by atoms with Gasteiger partial charge in [0.25, 0.3) is 0 Å². The minimum atomic E-state index is -3.54. The highest BCUT2D eigenvalue weighted by Gasteiger charge is 2.26. The Kier molecular flexibility index (Phi) is 28.0. The van der Waals surface area contributed by atoms with E-state index in [4.69, 9.17) is 23.8 Å². The van der Waals surface area contributed by atoms with Crippen molar-refractivity contribution < 1.29 is 28.3 Å². The Bertz CT molecular complexity index is 451. The first kappa shape index (κ1) is 36.0. The molecule has 0 aliphatic heterocycles. The van der Waals surface area contributed by atoms with E-state index < -0.39 is 7.82 Å². The Morgan fingerprint density at radius 2 is 0.833 bits per heavy atom. The van der Waals surface area contributed by atoms with E-state index >= 15 is 0 Å². The maximum absolute atomic E-state index is 13.2. The highest BCUT2D eigenvalue weighted by atomic mass is 31.2. The molecule has 0 aliphatic rings. The van der Waals surface area contributed by atoms with Gasteiger partial charge in [0.05, 0.1) is 33.0 Å². The Hall–Kier alpha value is -0.0100. The Morgan fingerprint density at radius 3 is 1.19 bits per heavy atom. The molecule has 0 amide bonds. The van der Waals surface area contributed by atoms with E-state index in [2.05, 4.69) is 13.8 Å². The first-order chi connectivity index (χ1) is 17.6. The molecule has 8 heteroatoms. The van der Waals surface area contributed by atoms with Crippen molar-refractivity contribution >= 4 is 7.82 Å². The third-order valence-electron chi connectivity index (χ3n) is 6.45. The van der Waals surface area contributed by atoms with Gasteiger partial charge in [-0.3, -0.25) is 18.5 Å². The van der Waals surface area contributed by atoms with Crippen LogP contribution in [-0.4, -0.2) is 67.8 Å². The molecule has 0 saturated heterocycles. The largest absolute Gasteiger partial charge is 0.474 e. The molecule has 0 bridgehead atoms. The van der Waals surface area contributed by atoms with Crippen LogP contribution in [0.5, 0.6) is 0 Å². The maximum atomic E-state index is 13.2. The van der Waals surface area contributed by atoms with Gasteiger partial charge in [0, 0.05) is 13.1 Å². The van der Waals surface area contributed by atoms with Crippen molar-refractivity contribution in [2.45, 2.75) is 129 Å². The SMILES string of the molecule is CCCCCCCCCCOP(=O)(OCCCCCCCCCC)OCCCCN(CCO)CCO. The summed E-state index contributed by atoms with van der Waals surface area (Å²) in [6.45, 7) is 7.60. The Morgan fingerprint density at radius 1 is 0.500 bits per heavy atom. The molecule has 0 fully saturated rings. The van der Waals surface area contributed by atoms with E-state index in [1.165, 1.54) is 77.0 Å². The third kappa shape index (κ3) is 24.3. The fourth-order valence-corrected chi connectivity index (χ4v) is 5.45. The van der Waals surface area contributed by atoms with Crippen molar-refractivity contribution in [1.29, 1.82) is 0 Å². The van der Waals surface area contributed by atoms with Crippen LogP contribution in [0.2, 0.25) is 0 Å². The molecule has 0 spiro atoms. The zero-order chi connectivity index (χ0) is 26.6. The molecular weight excluding hydrogens is 477 g/mol. The molecule has 7 nitrogen and oxygen atoms in total. The van der Waals surface area contributed by atoms with E-state index in [1.807, 2.05) is 4.90 Å². The average Bonchev–Trinajstić information content (AvgIpc) is 2.87. The molecule has 2 N–H and O–H groups in total. The smallest absolute Gasteiger partial charge is 0.395 e. The van der Waals surface area contributed by atoms with Crippen LogP contribution in [0.15, 0.2) is 0 Å². The number of aliphatic hydroxyl groups is 2. The lowest BCUT2D eigenvalue weighted by Crippen LogP contribution is -2.30. The number of aliphatic hydroxyl groups excluding tert-OH is 2. The second kappa shape index (κ2) is 28.0. The summed E-state index contributed by atoms with van der Waals surface area (Å²) in [6, 6.07) is 0. The molecule has 36 heavy (non-hydrogen) atoms. The first-order valence-corrected chi connectivity index (χ1v) is 16.6. The van der Waals surface area contributed by atoms with Gasteiger partial charge < -0.3 is 10.2 Å². The van der Waals surface area contributed by atoms with Crippen molar-refractivity contribution in [2.75, 3.05) is 52.7 Å². The second-order valence-electron chi connectivity index (χ2n) is 9.89. The molecule has 0 aliphatic carbocycles. The zero-order valence-corrected chi connectivity index (χ0v) is 24.7. The van der Waals surface area contributed by atoms with Crippen LogP contribution < -0.4 is 0 Å². The van der Waals surface area contributed by atoms with Crippen molar-refractivity contribution in [3.63, 3.8) is 0 Å². The topological polar surface area (TPSA) is 88.5 Å². The molecule has 0 radical (unpaired) electrons. The van der Waals surface area contributed by atoms with Gasteiger partial charge in [-0.05, 0) is 32.2 Å². The number of rotatable bonds is 30. The highest BCUT2D eigenvalue weighted by Crippen LogP contribution is 2.50. The van der Waals surface area contributed by atoms with E-state index in [0.717, 1.165) is 45.1 Å². The van der Waals surface area contributed by atoms with Crippen LogP contribution in [0.1, 0.15) is 129 Å². The molecule has 0 heterocycles. The quantitative estimate of drug-likeness (QED) is 0.0725. The standard InChI is InChI=1S/C28H60NO6P/c1-3-5-7-9-11-13-15-18-26-33-36(32,34-27-19-16-14-12-10-8-6-4-2)35-28-20-17-21-29(22-24-30)23-25-31/h30-31H,3-28H2,1-2H3. The van der Waals surface area contributed by atoms with Crippen LogP contribution in [-0.2, 0) is 18.1 Å². The van der Waals surface area contributed by atoms with Crippen LogP contribution in [0.25, 0.3) is 0 Å². The molecule has 0 aromatic heterocycles. The monoisotopic (exact) mass is 537 g/mol. The van der Waals surface area contributed by atoms with Crippen LogP contribution in [0.3, 0.4) is 0 Å². The molecule has 0 aromatic carbocycles. The summed E-state index contributed by atoms with van der Waals surface area (Å²) in [5, 5.41) is 18.2. The fourth-order valence-electron chi connectivity index (χ4n) is 4.17. The summed E-state index contributed by atoms with van der Waals surface area (Å²) in [6.07, 6.45) is 20.8. The number of hydrogen-bond acceptors (Lipinski definition) is 7. The fraction of sp³-hybridized carbons (Fsp3) is 1.00. The Balaban J connectivity index is 4.24. The normalized spacial score (nSPS) is 12.1. The average molecular weight is 538 g/mol. The first-order valence-electron chi connectivity index (χ1n) is 15.1. The predicted molar refractivity (Wildman–Crippen MR) is 151 cm³/mol. The summed E-state index contributed by atoms with van der Waals surface area (Å²) in [4.78, 5) is 2.01. The van der Waals surface area contributed by atoms with Crippen LogP contribution in [0.4, 0.5) is 0 Å². The van der Waals surface area contributed by atoms with Gasteiger partial charge in [-0.25, -0.2) is 4.57 Å². The minimum Gasteiger partial charge on any atom is -0.395 e. The highest BCUT2D eigenvalue weighted by molar-refractivity contribution is 7.48. The van der Waals surface area contributed by atoms with Crippen molar-refractivity contribution in [2.24, 2.45) is 0 Å². The van der Waals surface area contributed by atoms with E-state index in [0.29, 0.717) is 32.9 Å². The van der Waals surface area contributed by atoms with Gasteiger partial charge in [0.2, 0.25) is 0 Å². The van der Waals surface area contributed by atoms with Gasteiger partial charge in [-0.1, -0.05) is 104 Å². The van der Waals surface area contributed by atoms with Crippen LogP contribution >= 0.6 is 7.82 Å². The summed E-state index contributed by atoms with van der Waals surface area (Å²) in [7, 11) is -3.54. The van der Waals surface area contributed by atoms with Crippen molar-refractivity contribution in [3.05, 3.63) is 0 Å². The number of phosphoric acid groups is 1. The number of unbranched alkanes of at least 4 members (excludes halogenated alkanes) is 15. The van der Waals surface area contributed by atoms with Crippen LogP contribution in [0, 0.1) is 0 Å². The molecule has 0 rings (SSSR count). The van der Waals surface area contributed by atoms with Gasteiger partial charge in [0.15, 0.2) is 0 Å². The minimum absolute atomic E-state index is 0.0743. The summed E-state index contributed by atoms with van der Waals surface area (Å²) in [5.41, 5.74) is 0. The van der Waals surface area contributed by atoms with Crippen molar-refractivity contribution in [3.8, 4) is 0 Å². The second-order valence-corrected chi connectivity index (χ2v) is 11.6. The number of phosphoric ester groups is 1. The maximum Gasteiger partial charge on any atom is 0.474 e. The summed E-state index contributed by atoms with van der Waals surface area (Å²) < 4.78 is 30.2. The molecular formula is C28H60NO6P. The Labute approximate surface area is 223 Å². The summed E-state index contributed by atoms with van der Waals surface area (Å²) >= 11 is 0. The summed E-state index contributed by atoms with van der Waals surface area (Å²) in [5.74, 6) is 0. The van der Waals surface area contributed by atoms with Crippen molar-refractivity contribution in [1.82, 2.24) is 4.90 Å². The van der Waals surface area contributed by atoms with E-state index in [-0.39, 0.29) is 13.2 Å². The lowest BCUT2D eigenvalue weighted by atomic mass is 10.1. The lowest BCUT2D eigenvalue weighted by Gasteiger charge is -2.21. The van der Waals surface area contributed by atoms with Gasteiger partial charge in [-0.2, -0.15) is 0 Å². The predicted octanol–water partition coefficient (Wildman–Crippen LogP) is 7.49. The van der Waals surface area contributed by atoms with E-state index in [1.54, 1.807) is 0 Å². The lowest BCUT2D eigenvalue weighted by molar-refractivity contribution is 0.106. The van der Waals surface area contributed by atoms with Gasteiger partial charge >= 0.3 is 7.82 Å². The van der Waals surface area contributed by atoms with Gasteiger partial charge in [0.1, 0.15) is 0 Å². The molecule has 0 saturated carbocycles. The van der Waals surface area contributed by atoms with Gasteiger partial charge in [-0.15, -0.1) is 0 Å².